The number of halogens is 3. The fourth-order valence-electron chi connectivity index (χ4n) is 1.60. The molecule has 0 saturated carbocycles. The molecule has 0 radical (unpaired) electrons. The molecular weight excluding hydrogens is 273 g/mol. The number of rotatable bonds is 3. The molecule has 0 unspecified atom stereocenters. The fourth-order valence-corrected chi connectivity index (χ4v) is 1.60. The van der Waals surface area contributed by atoms with Crippen LogP contribution < -0.4 is 15.2 Å². The summed E-state index contributed by atoms with van der Waals surface area (Å²) in [6, 6.07) is 7.43. The third-order valence-corrected chi connectivity index (χ3v) is 2.52. The Morgan fingerprint density at radius 1 is 1.10 bits per heavy atom. The maximum atomic E-state index is 12.2. The number of nitrogens with two attached hydrogens (primary N) is 1. The maximum absolute atomic E-state index is 12.2. The highest BCUT2D eigenvalue weighted by molar-refractivity contribution is 5.69. The first-order valence-corrected chi connectivity index (χ1v) is 5.55. The highest BCUT2D eigenvalue weighted by atomic mass is 19.4. The van der Waals surface area contributed by atoms with E-state index in [2.05, 4.69) is 9.72 Å². The number of benzene rings is 1. The number of alkyl halides is 3. The molecule has 2 rings (SSSR count). The van der Waals surface area contributed by atoms with Crippen molar-refractivity contribution in [3.63, 3.8) is 0 Å². The average Bonchev–Trinajstić information content (AvgIpc) is 2.40. The number of methoxy groups -OCH3 is 1. The van der Waals surface area contributed by atoms with Gasteiger partial charge in [-0.3, -0.25) is 0 Å². The lowest BCUT2D eigenvalue weighted by Crippen LogP contribution is -2.18. The maximum Gasteiger partial charge on any atom is 0.573 e. The van der Waals surface area contributed by atoms with E-state index in [9.17, 15) is 13.2 Å². The second kappa shape index (κ2) is 5.28. The van der Waals surface area contributed by atoms with Crippen molar-refractivity contribution in [3.8, 4) is 22.8 Å². The van der Waals surface area contributed by atoms with Crippen molar-refractivity contribution >= 4 is 5.69 Å². The number of nitrogens with zero attached hydrogens (tertiary/aromatic N) is 1. The lowest BCUT2D eigenvalue weighted by Gasteiger charge is -2.12. The van der Waals surface area contributed by atoms with Gasteiger partial charge in [-0.2, -0.15) is 0 Å². The van der Waals surface area contributed by atoms with Gasteiger partial charge in [0, 0.05) is 17.8 Å². The molecule has 1 aromatic heterocycles. The van der Waals surface area contributed by atoms with Gasteiger partial charge in [0.25, 0.3) is 0 Å². The van der Waals surface area contributed by atoms with E-state index in [1.54, 1.807) is 18.2 Å². The van der Waals surface area contributed by atoms with Crippen LogP contribution in [0, 0.1) is 0 Å². The van der Waals surface area contributed by atoms with Crippen LogP contribution in [0.25, 0.3) is 11.1 Å². The smallest absolute Gasteiger partial charge is 0.481 e. The Balaban J connectivity index is 2.34. The zero-order valence-electron chi connectivity index (χ0n) is 10.4. The van der Waals surface area contributed by atoms with Crippen LogP contribution in [0.3, 0.4) is 0 Å². The van der Waals surface area contributed by atoms with E-state index in [-0.39, 0.29) is 5.69 Å². The number of hydrogen-bond acceptors (Lipinski definition) is 4. The molecule has 0 saturated heterocycles. The summed E-state index contributed by atoms with van der Waals surface area (Å²) in [6.45, 7) is 0. The van der Waals surface area contributed by atoms with E-state index in [1.807, 2.05) is 0 Å². The lowest BCUT2D eigenvalue weighted by molar-refractivity contribution is -0.274. The summed E-state index contributed by atoms with van der Waals surface area (Å²) in [7, 11) is 1.47. The number of hydrogen-bond donors (Lipinski definition) is 1. The molecule has 20 heavy (non-hydrogen) atoms. The van der Waals surface area contributed by atoms with Crippen LogP contribution in [-0.2, 0) is 0 Å². The normalized spacial score (nSPS) is 11.2. The van der Waals surface area contributed by atoms with Crippen LogP contribution in [0.1, 0.15) is 0 Å². The number of anilines is 1. The predicted octanol–water partition coefficient (Wildman–Crippen LogP) is 3.24. The Kier molecular flexibility index (Phi) is 3.69. The van der Waals surface area contributed by atoms with Gasteiger partial charge in [0.05, 0.1) is 12.8 Å². The van der Waals surface area contributed by atoms with E-state index in [0.717, 1.165) is 0 Å². The van der Waals surface area contributed by atoms with Crippen LogP contribution in [-0.4, -0.2) is 18.5 Å². The van der Waals surface area contributed by atoms with Gasteiger partial charge in [0.1, 0.15) is 0 Å². The molecule has 2 aromatic rings. The summed E-state index contributed by atoms with van der Waals surface area (Å²) in [4.78, 5) is 3.98. The zero-order chi connectivity index (χ0) is 14.8. The highest BCUT2D eigenvalue weighted by Gasteiger charge is 2.32. The first kappa shape index (κ1) is 14.0. The molecule has 1 aromatic carbocycles. The molecule has 4 nitrogen and oxygen atoms in total. The topological polar surface area (TPSA) is 57.4 Å². The van der Waals surface area contributed by atoms with Crippen molar-refractivity contribution < 1.29 is 22.6 Å². The van der Waals surface area contributed by atoms with Crippen molar-refractivity contribution in [2.75, 3.05) is 12.8 Å². The van der Waals surface area contributed by atoms with Gasteiger partial charge in [-0.05, 0) is 23.8 Å². The Hall–Kier alpha value is -2.44. The minimum Gasteiger partial charge on any atom is -0.481 e. The second-order valence-corrected chi connectivity index (χ2v) is 3.89. The molecule has 0 aliphatic rings. The summed E-state index contributed by atoms with van der Waals surface area (Å²) in [6.07, 6.45) is -3.30. The van der Waals surface area contributed by atoms with Crippen molar-refractivity contribution in [3.05, 3.63) is 36.5 Å². The first-order chi connectivity index (χ1) is 9.39. The van der Waals surface area contributed by atoms with Crippen LogP contribution in [0.4, 0.5) is 18.9 Å². The molecule has 0 aliphatic carbocycles. The van der Waals surface area contributed by atoms with E-state index < -0.39 is 12.1 Å². The Bertz CT molecular complexity index is 598. The van der Waals surface area contributed by atoms with E-state index in [1.165, 1.54) is 25.4 Å². The summed E-state index contributed by atoms with van der Waals surface area (Å²) in [5.41, 5.74) is 6.50. The van der Waals surface area contributed by atoms with Crippen LogP contribution >= 0.6 is 0 Å². The largest absolute Gasteiger partial charge is 0.573 e. The predicted molar refractivity (Wildman–Crippen MR) is 67.3 cm³/mol. The third-order valence-electron chi connectivity index (χ3n) is 2.52. The minimum atomic E-state index is -4.79. The Morgan fingerprint density at radius 3 is 2.35 bits per heavy atom. The van der Waals surface area contributed by atoms with Crippen molar-refractivity contribution in [1.82, 2.24) is 4.98 Å². The minimum absolute atomic E-state index is 0.0902. The molecule has 106 valence electrons. The zero-order valence-corrected chi connectivity index (χ0v) is 10.4. The summed E-state index contributed by atoms with van der Waals surface area (Å²) in [5.74, 6) is -0.0261. The van der Waals surface area contributed by atoms with Gasteiger partial charge >= 0.3 is 6.36 Å². The lowest BCUT2D eigenvalue weighted by atomic mass is 10.1. The van der Waals surface area contributed by atoms with E-state index >= 15 is 0 Å². The fraction of sp³-hybridized carbons (Fsp3) is 0.154. The van der Waals surface area contributed by atoms with Gasteiger partial charge < -0.3 is 15.2 Å². The summed E-state index contributed by atoms with van der Waals surface area (Å²) < 4.78 is 45.5. The third kappa shape index (κ3) is 3.31. The van der Waals surface area contributed by atoms with Crippen LogP contribution in [0.15, 0.2) is 36.5 Å². The second-order valence-electron chi connectivity index (χ2n) is 3.89. The molecule has 2 N–H and O–H groups in total. The number of pyridine rings is 1. The van der Waals surface area contributed by atoms with Gasteiger partial charge in [-0.15, -0.1) is 13.2 Å². The standard InChI is InChI=1S/C13H11F3N2O2/c1-19-12-5-3-9(7-18-12)8-2-4-10(17)11(6-8)20-13(14,15)16/h2-7H,17H2,1H3. The van der Waals surface area contributed by atoms with Crippen LogP contribution in [0.5, 0.6) is 11.6 Å². The SMILES string of the molecule is COc1ccc(-c2ccc(N)c(OC(F)(F)F)c2)cn1. The molecule has 0 fully saturated rings. The summed E-state index contributed by atoms with van der Waals surface area (Å²) in [5, 5.41) is 0. The monoisotopic (exact) mass is 284 g/mol. The molecular formula is C13H11F3N2O2. The van der Waals surface area contributed by atoms with Crippen molar-refractivity contribution in [2.24, 2.45) is 0 Å². The molecule has 7 heteroatoms. The molecule has 0 amide bonds. The highest BCUT2D eigenvalue weighted by Crippen LogP contribution is 2.32. The van der Waals surface area contributed by atoms with Crippen LogP contribution in [0.2, 0.25) is 0 Å². The quantitative estimate of drug-likeness (QED) is 0.879. The van der Waals surface area contributed by atoms with Gasteiger partial charge in [-0.25, -0.2) is 4.98 Å². The molecule has 0 bridgehead atoms. The number of aromatic nitrogens is 1. The Morgan fingerprint density at radius 2 is 1.80 bits per heavy atom. The van der Waals surface area contributed by atoms with Crippen molar-refractivity contribution in [2.45, 2.75) is 6.36 Å². The first-order valence-electron chi connectivity index (χ1n) is 5.55. The molecule has 1 heterocycles. The van der Waals surface area contributed by atoms with E-state index in [4.69, 9.17) is 10.5 Å². The average molecular weight is 284 g/mol. The van der Waals surface area contributed by atoms with Gasteiger partial charge in [0.15, 0.2) is 5.75 Å². The van der Waals surface area contributed by atoms with Gasteiger partial charge in [-0.1, -0.05) is 6.07 Å². The molecule has 0 aliphatic heterocycles. The van der Waals surface area contributed by atoms with E-state index in [0.29, 0.717) is 17.0 Å². The van der Waals surface area contributed by atoms with Crippen molar-refractivity contribution in [1.29, 1.82) is 0 Å². The Labute approximate surface area is 113 Å². The molecule has 0 atom stereocenters. The number of ether oxygens (including phenoxy) is 2. The summed E-state index contributed by atoms with van der Waals surface area (Å²) >= 11 is 0. The molecule has 0 spiro atoms. The number of nitrogen functional groups attached to an aromatic ring is 1. The van der Waals surface area contributed by atoms with Gasteiger partial charge in [0.2, 0.25) is 5.88 Å².